The zero-order chi connectivity index (χ0) is 12.0. The minimum Gasteiger partial charge on any atom is -0.313 e. The number of hydrogen-bond donors (Lipinski definition) is 1. The van der Waals surface area contributed by atoms with Gasteiger partial charge in [0.15, 0.2) is 0 Å². The molecule has 0 fully saturated rings. The zero-order valence-corrected chi connectivity index (χ0v) is 11.8. The first-order valence-electron chi connectivity index (χ1n) is 5.64. The van der Waals surface area contributed by atoms with Crippen molar-refractivity contribution < 1.29 is 0 Å². The van der Waals surface area contributed by atoms with Crippen LogP contribution >= 0.6 is 23.4 Å². The summed E-state index contributed by atoms with van der Waals surface area (Å²) in [5.41, 5.74) is 2.46. The van der Waals surface area contributed by atoms with Gasteiger partial charge in [0.25, 0.3) is 0 Å². The quantitative estimate of drug-likeness (QED) is 0.837. The smallest absolute Gasteiger partial charge is 0.0441 e. The molecule has 0 aliphatic rings. The molecule has 1 atom stereocenters. The van der Waals surface area contributed by atoms with Crippen LogP contribution in [0.15, 0.2) is 18.2 Å². The second-order valence-electron chi connectivity index (χ2n) is 4.01. The van der Waals surface area contributed by atoms with Gasteiger partial charge in [-0.15, -0.1) is 0 Å². The predicted octanol–water partition coefficient (Wildman–Crippen LogP) is 3.53. The number of benzene rings is 1. The van der Waals surface area contributed by atoms with Gasteiger partial charge in [-0.3, -0.25) is 0 Å². The molecule has 0 heterocycles. The van der Waals surface area contributed by atoms with Crippen LogP contribution in [0.4, 0.5) is 0 Å². The first-order chi connectivity index (χ1) is 7.67. The number of likely N-dealkylation sites (N-methyl/N-ethyl adjacent to an activating group) is 1. The summed E-state index contributed by atoms with van der Waals surface area (Å²) in [6.07, 6.45) is 3.15. The molecule has 3 heteroatoms. The lowest BCUT2D eigenvalue weighted by Crippen LogP contribution is -2.33. The molecule has 1 unspecified atom stereocenters. The Hall–Kier alpha value is -0.180. The van der Waals surface area contributed by atoms with E-state index in [0.29, 0.717) is 6.04 Å². The molecule has 0 saturated carbocycles. The van der Waals surface area contributed by atoms with Crippen molar-refractivity contribution in [3.63, 3.8) is 0 Å². The Bertz CT molecular complexity index is 322. The molecule has 0 aromatic heterocycles. The number of nitrogens with one attached hydrogen (secondary N) is 1. The fourth-order valence-corrected chi connectivity index (χ4v) is 2.71. The average Bonchev–Trinajstić information content (AvgIpc) is 2.23. The van der Waals surface area contributed by atoms with E-state index < -0.39 is 0 Å². The summed E-state index contributed by atoms with van der Waals surface area (Å²) in [5.74, 6) is 1.12. The molecule has 1 aromatic rings. The number of thioether (sulfide) groups is 1. The molecule has 1 nitrogen and oxygen atoms in total. The van der Waals surface area contributed by atoms with Crippen molar-refractivity contribution in [3.8, 4) is 0 Å². The summed E-state index contributed by atoms with van der Waals surface area (Å²) in [6, 6.07) is 6.82. The van der Waals surface area contributed by atoms with E-state index in [4.69, 9.17) is 11.6 Å². The van der Waals surface area contributed by atoms with E-state index in [1.54, 1.807) is 0 Å². The van der Waals surface area contributed by atoms with Crippen LogP contribution in [-0.4, -0.2) is 24.6 Å². The predicted molar refractivity (Wildman–Crippen MR) is 75.7 cm³/mol. The highest BCUT2D eigenvalue weighted by molar-refractivity contribution is 7.98. The van der Waals surface area contributed by atoms with Crippen LogP contribution in [0.2, 0.25) is 5.02 Å². The minimum atomic E-state index is 0.514. The van der Waals surface area contributed by atoms with E-state index in [1.165, 1.54) is 11.1 Å². The first-order valence-corrected chi connectivity index (χ1v) is 7.42. The van der Waals surface area contributed by atoms with E-state index in [-0.39, 0.29) is 0 Å². The van der Waals surface area contributed by atoms with Crippen LogP contribution in [0, 0.1) is 6.92 Å². The zero-order valence-electron chi connectivity index (χ0n) is 10.2. The van der Waals surface area contributed by atoms with Gasteiger partial charge in [0.1, 0.15) is 0 Å². The maximum Gasteiger partial charge on any atom is 0.0441 e. The first kappa shape index (κ1) is 13.9. The Morgan fingerprint density at radius 2 is 2.19 bits per heavy atom. The van der Waals surface area contributed by atoms with Crippen molar-refractivity contribution in [2.75, 3.05) is 18.6 Å². The highest BCUT2D eigenvalue weighted by Gasteiger charge is 2.09. The number of aryl methyl sites for hydroxylation is 1. The van der Waals surface area contributed by atoms with Crippen molar-refractivity contribution in [1.82, 2.24) is 5.32 Å². The topological polar surface area (TPSA) is 12.0 Å². The van der Waals surface area contributed by atoms with Crippen LogP contribution in [-0.2, 0) is 6.42 Å². The van der Waals surface area contributed by atoms with Crippen molar-refractivity contribution in [2.45, 2.75) is 26.3 Å². The Morgan fingerprint density at radius 3 is 2.75 bits per heavy atom. The fourth-order valence-electron chi connectivity index (χ4n) is 1.76. The summed E-state index contributed by atoms with van der Waals surface area (Å²) in [7, 11) is 0. The summed E-state index contributed by atoms with van der Waals surface area (Å²) in [4.78, 5) is 0. The molecule has 16 heavy (non-hydrogen) atoms. The van der Waals surface area contributed by atoms with Crippen molar-refractivity contribution in [2.24, 2.45) is 0 Å². The van der Waals surface area contributed by atoms with E-state index in [2.05, 4.69) is 37.6 Å². The molecule has 0 saturated heterocycles. The summed E-state index contributed by atoms with van der Waals surface area (Å²) >= 11 is 8.11. The van der Waals surface area contributed by atoms with Gasteiger partial charge < -0.3 is 5.32 Å². The molecule has 0 spiro atoms. The molecule has 90 valence electrons. The third-order valence-corrected chi connectivity index (χ3v) is 3.62. The second-order valence-corrected chi connectivity index (χ2v) is 5.33. The van der Waals surface area contributed by atoms with E-state index in [9.17, 15) is 0 Å². The minimum absolute atomic E-state index is 0.514. The Kier molecular flexibility index (Phi) is 6.25. The second kappa shape index (κ2) is 7.21. The van der Waals surface area contributed by atoms with Gasteiger partial charge in [-0.2, -0.15) is 11.8 Å². The number of rotatable bonds is 6. The van der Waals surface area contributed by atoms with Crippen molar-refractivity contribution >= 4 is 23.4 Å². The molecule has 0 aliphatic heterocycles. The molecule has 1 aromatic carbocycles. The lowest BCUT2D eigenvalue weighted by Gasteiger charge is -2.17. The molecule has 0 radical (unpaired) electrons. The molecule has 0 amide bonds. The van der Waals surface area contributed by atoms with Crippen LogP contribution in [0.3, 0.4) is 0 Å². The highest BCUT2D eigenvalue weighted by Crippen LogP contribution is 2.19. The van der Waals surface area contributed by atoms with Gasteiger partial charge in [0, 0.05) is 16.8 Å². The van der Waals surface area contributed by atoms with Gasteiger partial charge in [-0.25, -0.2) is 0 Å². The Balaban J connectivity index is 2.68. The van der Waals surface area contributed by atoms with Crippen molar-refractivity contribution in [1.29, 1.82) is 0 Å². The van der Waals surface area contributed by atoms with Gasteiger partial charge >= 0.3 is 0 Å². The van der Waals surface area contributed by atoms with Crippen LogP contribution in [0.25, 0.3) is 0 Å². The normalized spacial score (nSPS) is 12.8. The van der Waals surface area contributed by atoms with E-state index in [1.807, 2.05) is 17.8 Å². The number of halogens is 1. The van der Waals surface area contributed by atoms with Crippen LogP contribution in [0.1, 0.15) is 18.1 Å². The standard InChI is InChI=1S/C13H20ClNS/c1-4-15-12(9-16-3)8-11-6-5-10(2)7-13(11)14/h5-7,12,15H,4,8-9H2,1-3H3. The van der Waals surface area contributed by atoms with Crippen LogP contribution < -0.4 is 5.32 Å². The monoisotopic (exact) mass is 257 g/mol. The summed E-state index contributed by atoms with van der Waals surface area (Å²) in [5, 5.41) is 4.39. The maximum absolute atomic E-state index is 6.24. The third-order valence-electron chi connectivity index (χ3n) is 2.54. The van der Waals surface area contributed by atoms with Crippen LogP contribution in [0.5, 0.6) is 0 Å². The Morgan fingerprint density at radius 1 is 1.44 bits per heavy atom. The largest absolute Gasteiger partial charge is 0.313 e. The molecule has 0 aliphatic carbocycles. The SMILES string of the molecule is CCNC(CSC)Cc1ccc(C)cc1Cl. The highest BCUT2D eigenvalue weighted by atomic mass is 35.5. The lowest BCUT2D eigenvalue weighted by molar-refractivity contribution is 0.573. The molecular weight excluding hydrogens is 238 g/mol. The van der Waals surface area contributed by atoms with Gasteiger partial charge in [0.05, 0.1) is 0 Å². The summed E-state index contributed by atoms with van der Waals surface area (Å²) in [6.45, 7) is 5.22. The molecule has 1 rings (SSSR count). The summed E-state index contributed by atoms with van der Waals surface area (Å²) < 4.78 is 0. The lowest BCUT2D eigenvalue weighted by atomic mass is 10.1. The van der Waals surface area contributed by atoms with E-state index in [0.717, 1.165) is 23.7 Å². The van der Waals surface area contributed by atoms with Gasteiger partial charge in [0.2, 0.25) is 0 Å². The van der Waals surface area contributed by atoms with Gasteiger partial charge in [-0.05, 0) is 43.3 Å². The van der Waals surface area contributed by atoms with Crippen molar-refractivity contribution in [3.05, 3.63) is 34.3 Å². The van der Waals surface area contributed by atoms with E-state index >= 15 is 0 Å². The molecule has 1 N–H and O–H groups in total. The number of hydrogen-bond acceptors (Lipinski definition) is 2. The maximum atomic E-state index is 6.24. The third kappa shape index (κ3) is 4.36. The average molecular weight is 258 g/mol. The fraction of sp³-hybridized carbons (Fsp3) is 0.538. The molecular formula is C13H20ClNS. The molecule has 0 bridgehead atoms. The Labute approximate surface area is 108 Å². The van der Waals surface area contributed by atoms with Gasteiger partial charge in [-0.1, -0.05) is 30.7 Å².